The molecule has 0 spiro atoms. The monoisotopic (exact) mass is 329 g/mol. The molecule has 0 atom stereocenters. The van der Waals surface area contributed by atoms with Crippen LogP contribution in [0.3, 0.4) is 0 Å². The molecule has 0 radical (unpaired) electrons. The molecular formula is C12H10BrClFN3. The summed E-state index contributed by atoms with van der Waals surface area (Å²) in [5.41, 5.74) is 1.01. The fraction of sp³-hybridized carbons (Fsp3) is 0.167. The molecule has 1 N–H and O–H groups in total. The highest BCUT2D eigenvalue weighted by atomic mass is 79.9. The smallest absolute Gasteiger partial charge is 0.147 e. The van der Waals surface area contributed by atoms with E-state index in [1.54, 1.807) is 26.0 Å². The summed E-state index contributed by atoms with van der Waals surface area (Å²) in [4.78, 5) is 8.25. The number of rotatable bonds is 2. The first-order chi connectivity index (χ1) is 8.49. The lowest BCUT2D eigenvalue weighted by atomic mass is 10.3. The van der Waals surface area contributed by atoms with Crippen molar-refractivity contribution >= 4 is 39.0 Å². The largest absolute Gasteiger partial charge is 0.337 e. The number of aryl methyl sites for hydroxylation is 1. The molecule has 0 aliphatic heterocycles. The minimum absolute atomic E-state index is 0.328. The van der Waals surface area contributed by atoms with Gasteiger partial charge in [-0.2, -0.15) is 0 Å². The molecule has 94 valence electrons. The number of para-hydroxylation sites is 1. The van der Waals surface area contributed by atoms with Crippen molar-refractivity contribution in [2.75, 3.05) is 5.32 Å². The molecule has 1 aromatic carbocycles. The second-order valence-corrected chi connectivity index (χ2v) is 4.97. The van der Waals surface area contributed by atoms with Crippen LogP contribution in [0.25, 0.3) is 0 Å². The molecule has 3 nitrogen and oxygen atoms in total. The Morgan fingerprint density at radius 1 is 1.28 bits per heavy atom. The molecule has 0 aliphatic carbocycles. The van der Waals surface area contributed by atoms with Crippen molar-refractivity contribution in [3.63, 3.8) is 0 Å². The van der Waals surface area contributed by atoms with Gasteiger partial charge in [0.05, 0.1) is 5.69 Å². The van der Waals surface area contributed by atoms with Crippen molar-refractivity contribution in [1.29, 1.82) is 0 Å². The average molecular weight is 331 g/mol. The van der Waals surface area contributed by atoms with Gasteiger partial charge in [0.2, 0.25) is 0 Å². The number of hydrogen-bond acceptors (Lipinski definition) is 3. The van der Waals surface area contributed by atoms with E-state index in [4.69, 9.17) is 11.6 Å². The molecule has 0 aliphatic rings. The summed E-state index contributed by atoms with van der Waals surface area (Å²) in [5, 5.41) is 3.29. The van der Waals surface area contributed by atoms with Gasteiger partial charge in [-0.1, -0.05) is 17.7 Å². The zero-order chi connectivity index (χ0) is 13.3. The van der Waals surface area contributed by atoms with Crippen molar-refractivity contribution in [3.8, 4) is 0 Å². The average Bonchev–Trinajstić information content (AvgIpc) is 2.30. The van der Waals surface area contributed by atoms with Crippen molar-refractivity contribution in [1.82, 2.24) is 9.97 Å². The number of halogens is 3. The Balaban J connectivity index is 2.46. The number of hydrogen-bond donors (Lipinski definition) is 1. The van der Waals surface area contributed by atoms with Crippen molar-refractivity contribution < 1.29 is 4.39 Å². The standard InChI is InChI=1S/C12H10BrClFN3/c1-6-11(14)16-7(2)17-12(6)18-10-8(13)4-3-5-9(10)15/h3-5H,1-2H3,(H,16,17,18). The van der Waals surface area contributed by atoms with Crippen molar-refractivity contribution in [2.24, 2.45) is 0 Å². The Hall–Kier alpha value is -1.20. The summed E-state index contributed by atoms with van der Waals surface area (Å²) >= 11 is 9.26. The highest BCUT2D eigenvalue weighted by Gasteiger charge is 2.12. The lowest BCUT2D eigenvalue weighted by Gasteiger charge is -2.12. The maximum absolute atomic E-state index is 13.7. The van der Waals surface area contributed by atoms with E-state index in [2.05, 4.69) is 31.2 Å². The van der Waals surface area contributed by atoms with E-state index in [9.17, 15) is 4.39 Å². The van der Waals surface area contributed by atoms with Gasteiger partial charge in [-0.05, 0) is 41.9 Å². The van der Waals surface area contributed by atoms with E-state index < -0.39 is 0 Å². The van der Waals surface area contributed by atoms with Crippen LogP contribution in [-0.2, 0) is 0 Å². The molecule has 0 amide bonds. The highest BCUT2D eigenvalue weighted by Crippen LogP contribution is 2.30. The molecule has 0 fully saturated rings. The third-order valence-corrected chi connectivity index (χ3v) is 3.43. The first-order valence-corrected chi connectivity index (χ1v) is 6.38. The zero-order valence-corrected chi connectivity index (χ0v) is 12.1. The minimum Gasteiger partial charge on any atom is -0.337 e. The number of nitrogens with zero attached hydrogens (tertiary/aromatic N) is 2. The summed E-state index contributed by atoms with van der Waals surface area (Å²) in [7, 11) is 0. The van der Waals surface area contributed by atoms with Crippen LogP contribution in [0, 0.1) is 19.7 Å². The van der Waals surface area contributed by atoms with Gasteiger partial charge in [-0.15, -0.1) is 0 Å². The molecule has 0 unspecified atom stereocenters. The van der Waals surface area contributed by atoms with Gasteiger partial charge in [-0.25, -0.2) is 14.4 Å². The molecule has 18 heavy (non-hydrogen) atoms. The maximum atomic E-state index is 13.7. The Bertz CT molecular complexity index is 584. The topological polar surface area (TPSA) is 37.8 Å². The molecule has 0 bridgehead atoms. The highest BCUT2D eigenvalue weighted by molar-refractivity contribution is 9.10. The van der Waals surface area contributed by atoms with Crippen LogP contribution in [0.15, 0.2) is 22.7 Å². The third-order valence-electron chi connectivity index (χ3n) is 2.40. The van der Waals surface area contributed by atoms with Crippen molar-refractivity contribution in [2.45, 2.75) is 13.8 Å². The summed E-state index contributed by atoms with van der Waals surface area (Å²) < 4.78 is 14.3. The number of benzene rings is 1. The van der Waals surface area contributed by atoms with Crippen molar-refractivity contribution in [3.05, 3.63) is 45.0 Å². The summed E-state index contributed by atoms with van der Waals surface area (Å²) in [6, 6.07) is 4.74. The summed E-state index contributed by atoms with van der Waals surface area (Å²) in [5.74, 6) is 0.662. The minimum atomic E-state index is -0.365. The van der Waals surface area contributed by atoms with Gasteiger partial charge in [0, 0.05) is 10.0 Å². The van der Waals surface area contributed by atoms with E-state index in [0.717, 1.165) is 0 Å². The fourth-order valence-electron chi connectivity index (χ4n) is 1.45. The molecule has 1 heterocycles. The van der Waals surface area contributed by atoms with E-state index >= 15 is 0 Å². The quantitative estimate of drug-likeness (QED) is 0.830. The van der Waals surface area contributed by atoms with Crippen LogP contribution in [0.2, 0.25) is 5.15 Å². The van der Waals surface area contributed by atoms with E-state index in [-0.39, 0.29) is 5.82 Å². The van der Waals surface area contributed by atoms with Gasteiger partial charge in [0.1, 0.15) is 22.6 Å². The van der Waals surface area contributed by atoms with E-state index in [1.165, 1.54) is 6.07 Å². The molecule has 2 aromatic rings. The van der Waals surface area contributed by atoms with Gasteiger partial charge in [0.15, 0.2) is 0 Å². The first-order valence-electron chi connectivity index (χ1n) is 5.21. The van der Waals surface area contributed by atoms with E-state index in [0.29, 0.717) is 32.5 Å². The lowest BCUT2D eigenvalue weighted by molar-refractivity contribution is 0.631. The fourth-order valence-corrected chi connectivity index (χ4v) is 2.10. The van der Waals surface area contributed by atoms with Gasteiger partial charge >= 0.3 is 0 Å². The van der Waals surface area contributed by atoms with Crippen LogP contribution in [0.5, 0.6) is 0 Å². The SMILES string of the molecule is Cc1nc(Cl)c(C)c(Nc2c(F)cccc2Br)n1. The Morgan fingerprint density at radius 2 is 2.00 bits per heavy atom. The van der Waals surface area contributed by atoms with Gasteiger partial charge in [0.25, 0.3) is 0 Å². The Kier molecular flexibility index (Phi) is 3.82. The van der Waals surface area contributed by atoms with Crippen LogP contribution < -0.4 is 5.32 Å². The summed E-state index contributed by atoms with van der Waals surface area (Å²) in [6.07, 6.45) is 0. The molecule has 6 heteroatoms. The van der Waals surface area contributed by atoms with Crippen LogP contribution in [0.4, 0.5) is 15.9 Å². The third kappa shape index (κ3) is 2.62. The maximum Gasteiger partial charge on any atom is 0.147 e. The lowest BCUT2D eigenvalue weighted by Crippen LogP contribution is -2.03. The molecule has 0 saturated carbocycles. The number of aromatic nitrogens is 2. The first kappa shape index (κ1) is 13.2. The van der Waals surface area contributed by atoms with Crippen LogP contribution in [-0.4, -0.2) is 9.97 Å². The normalized spacial score (nSPS) is 10.5. The second kappa shape index (κ2) is 5.20. The van der Waals surface area contributed by atoms with E-state index in [1.807, 2.05) is 0 Å². The zero-order valence-electron chi connectivity index (χ0n) is 9.76. The summed E-state index contributed by atoms with van der Waals surface area (Å²) in [6.45, 7) is 3.51. The number of nitrogens with one attached hydrogen (secondary N) is 1. The molecular weight excluding hydrogens is 321 g/mol. The Morgan fingerprint density at radius 3 is 2.67 bits per heavy atom. The molecule has 1 aromatic heterocycles. The molecule has 0 saturated heterocycles. The van der Waals surface area contributed by atoms with Gasteiger partial charge in [-0.3, -0.25) is 0 Å². The van der Waals surface area contributed by atoms with Crippen LogP contribution in [0.1, 0.15) is 11.4 Å². The van der Waals surface area contributed by atoms with Crippen LogP contribution >= 0.6 is 27.5 Å². The molecule has 2 rings (SSSR count). The number of anilines is 2. The predicted molar refractivity (Wildman–Crippen MR) is 73.9 cm³/mol. The van der Waals surface area contributed by atoms with Gasteiger partial charge < -0.3 is 5.32 Å². The predicted octanol–water partition coefficient (Wildman–Crippen LogP) is 4.39. The second-order valence-electron chi connectivity index (χ2n) is 3.76. The Labute approximate surface area is 118 Å².